The van der Waals surface area contributed by atoms with Gasteiger partial charge in [0.25, 0.3) is 0 Å². The summed E-state index contributed by atoms with van der Waals surface area (Å²) in [7, 11) is 1.97. The summed E-state index contributed by atoms with van der Waals surface area (Å²) in [5.74, 6) is 0. The lowest BCUT2D eigenvalue weighted by molar-refractivity contribution is 0.620. The van der Waals surface area contributed by atoms with Gasteiger partial charge >= 0.3 is 0 Å². The molecule has 0 aliphatic rings. The fraction of sp³-hybridized carbons (Fsp3) is 0.429. The minimum Gasteiger partial charge on any atom is -0.306 e. The molecule has 0 saturated heterocycles. The van der Waals surface area contributed by atoms with E-state index in [0.29, 0.717) is 0 Å². The van der Waals surface area contributed by atoms with Crippen LogP contribution in [0.1, 0.15) is 35.3 Å². The standard InChI is InChI=1S/C14H20N4/c1-5-16-14(12-8-15-7-6-10(12)2)13-9-17-18(4)11(13)3/h6-9,14,16H,5H2,1-4H3. The molecule has 2 heterocycles. The van der Waals surface area contributed by atoms with Gasteiger partial charge in [-0.1, -0.05) is 6.92 Å². The second-order valence-electron chi connectivity index (χ2n) is 4.53. The lowest BCUT2D eigenvalue weighted by Crippen LogP contribution is -2.23. The Morgan fingerprint density at radius 3 is 2.61 bits per heavy atom. The Bertz CT molecular complexity index is 530. The summed E-state index contributed by atoms with van der Waals surface area (Å²) in [6, 6.07) is 2.21. The van der Waals surface area contributed by atoms with Gasteiger partial charge in [0.15, 0.2) is 0 Å². The number of hydrogen-bond acceptors (Lipinski definition) is 3. The highest BCUT2D eigenvalue weighted by molar-refractivity contribution is 5.35. The van der Waals surface area contributed by atoms with E-state index in [1.807, 2.05) is 36.4 Å². The number of pyridine rings is 1. The molecule has 18 heavy (non-hydrogen) atoms. The zero-order valence-corrected chi connectivity index (χ0v) is 11.4. The molecular formula is C14H20N4. The molecule has 4 heteroatoms. The van der Waals surface area contributed by atoms with Crippen molar-refractivity contribution in [1.29, 1.82) is 0 Å². The maximum atomic E-state index is 4.33. The molecule has 0 fully saturated rings. The molecule has 2 rings (SSSR count). The van der Waals surface area contributed by atoms with E-state index in [1.165, 1.54) is 22.4 Å². The SMILES string of the molecule is CCNC(c1cnccc1C)c1cnn(C)c1C. The molecule has 0 bridgehead atoms. The van der Waals surface area contributed by atoms with Gasteiger partial charge in [-0.15, -0.1) is 0 Å². The molecule has 96 valence electrons. The Kier molecular flexibility index (Phi) is 3.77. The zero-order valence-electron chi connectivity index (χ0n) is 11.4. The number of hydrogen-bond donors (Lipinski definition) is 1. The number of nitrogens with zero attached hydrogens (tertiary/aromatic N) is 3. The molecule has 4 nitrogen and oxygen atoms in total. The Balaban J connectivity index is 2.47. The van der Waals surface area contributed by atoms with Gasteiger partial charge in [-0.3, -0.25) is 9.67 Å². The minimum atomic E-state index is 0.164. The minimum absolute atomic E-state index is 0.164. The van der Waals surface area contributed by atoms with Crippen LogP contribution in [0.4, 0.5) is 0 Å². The molecule has 0 aromatic carbocycles. The molecule has 0 saturated carbocycles. The van der Waals surface area contributed by atoms with E-state index in [0.717, 1.165) is 6.54 Å². The highest BCUT2D eigenvalue weighted by Gasteiger charge is 2.19. The topological polar surface area (TPSA) is 42.7 Å². The van der Waals surface area contributed by atoms with Gasteiger partial charge in [-0.05, 0) is 37.6 Å². The summed E-state index contributed by atoms with van der Waals surface area (Å²) in [4.78, 5) is 4.24. The molecule has 0 spiro atoms. The average molecular weight is 244 g/mol. The van der Waals surface area contributed by atoms with Crippen LogP contribution in [0.3, 0.4) is 0 Å². The summed E-state index contributed by atoms with van der Waals surface area (Å²) in [6.07, 6.45) is 5.71. The highest BCUT2D eigenvalue weighted by atomic mass is 15.3. The predicted octanol–water partition coefficient (Wildman–Crippen LogP) is 2.13. The summed E-state index contributed by atoms with van der Waals surface area (Å²) >= 11 is 0. The van der Waals surface area contributed by atoms with E-state index in [4.69, 9.17) is 0 Å². The van der Waals surface area contributed by atoms with E-state index in [1.54, 1.807) is 0 Å². The predicted molar refractivity (Wildman–Crippen MR) is 72.4 cm³/mol. The van der Waals surface area contributed by atoms with Gasteiger partial charge in [-0.2, -0.15) is 5.10 Å². The largest absolute Gasteiger partial charge is 0.306 e. The van der Waals surface area contributed by atoms with Crippen LogP contribution < -0.4 is 5.32 Å². The number of nitrogens with one attached hydrogen (secondary N) is 1. The molecule has 1 atom stereocenters. The third-order valence-corrected chi connectivity index (χ3v) is 3.38. The molecule has 1 unspecified atom stereocenters. The third kappa shape index (κ3) is 2.29. The fourth-order valence-corrected chi connectivity index (χ4v) is 2.17. The van der Waals surface area contributed by atoms with Crippen molar-refractivity contribution < 1.29 is 0 Å². The van der Waals surface area contributed by atoms with Gasteiger partial charge in [0.2, 0.25) is 0 Å². The highest BCUT2D eigenvalue weighted by Crippen LogP contribution is 2.26. The molecule has 0 aliphatic carbocycles. The van der Waals surface area contributed by atoms with Crippen LogP contribution in [0.2, 0.25) is 0 Å². The molecule has 2 aromatic rings. The van der Waals surface area contributed by atoms with Crippen molar-refractivity contribution in [2.24, 2.45) is 7.05 Å². The second kappa shape index (κ2) is 5.31. The van der Waals surface area contributed by atoms with Crippen LogP contribution in [-0.4, -0.2) is 21.3 Å². The number of rotatable bonds is 4. The normalized spacial score (nSPS) is 12.7. The second-order valence-corrected chi connectivity index (χ2v) is 4.53. The maximum Gasteiger partial charge on any atom is 0.0628 e. The van der Waals surface area contributed by atoms with Crippen molar-refractivity contribution in [3.63, 3.8) is 0 Å². The lowest BCUT2D eigenvalue weighted by Gasteiger charge is -2.19. The van der Waals surface area contributed by atoms with Crippen molar-refractivity contribution in [3.8, 4) is 0 Å². The molecule has 2 aromatic heterocycles. The molecular weight excluding hydrogens is 224 g/mol. The zero-order chi connectivity index (χ0) is 13.1. The first-order chi connectivity index (χ1) is 8.65. The van der Waals surface area contributed by atoms with E-state index < -0.39 is 0 Å². The molecule has 0 amide bonds. The van der Waals surface area contributed by atoms with Crippen LogP contribution in [0.5, 0.6) is 0 Å². The van der Waals surface area contributed by atoms with Crippen molar-refractivity contribution in [2.75, 3.05) is 6.54 Å². The van der Waals surface area contributed by atoms with Gasteiger partial charge in [0, 0.05) is 30.7 Å². The third-order valence-electron chi connectivity index (χ3n) is 3.38. The monoisotopic (exact) mass is 244 g/mol. The first-order valence-corrected chi connectivity index (χ1v) is 6.27. The average Bonchev–Trinajstić information content (AvgIpc) is 2.69. The maximum absolute atomic E-state index is 4.33. The first kappa shape index (κ1) is 12.8. The molecule has 0 aliphatic heterocycles. The van der Waals surface area contributed by atoms with Crippen molar-refractivity contribution in [1.82, 2.24) is 20.1 Å². The van der Waals surface area contributed by atoms with Crippen LogP contribution in [0.15, 0.2) is 24.7 Å². The number of aryl methyl sites for hydroxylation is 2. The van der Waals surface area contributed by atoms with Crippen LogP contribution in [0.25, 0.3) is 0 Å². The van der Waals surface area contributed by atoms with Gasteiger partial charge in [-0.25, -0.2) is 0 Å². The van der Waals surface area contributed by atoms with Crippen molar-refractivity contribution >= 4 is 0 Å². The summed E-state index contributed by atoms with van der Waals surface area (Å²) < 4.78 is 1.91. The van der Waals surface area contributed by atoms with Gasteiger partial charge < -0.3 is 5.32 Å². The summed E-state index contributed by atoms with van der Waals surface area (Å²) in [5.41, 5.74) is 4.87. The van der Waals surface area contributed by atoms with E-state index in [2.05, 4.69) is 36.2 Å². The van der Waals surface area contributed by atoms with E-state index in [9.17, 15) is 0 Å². The summed E-state index contributed by atoms with van der Waals surface area (Å²) in [5, 5.41) is 7.85. The molecule has 0 radical (unpaired) electrons. The van der Waals surface area contributed by atoms with Crippen LogP contribution >= 0.6 is 0 Å². The smallest absolute Gasteiger partial charge is 0.0628 e. The van der Waals surface area contributed by atoms with Crippen LogP contribution in [-0.2, 0) is 7.05 Å². The Hall–Kier alpha value is -1.68. The lowest BCUT2D eigenvalue weighted by atomic mass is 9.97. The van der Waals surface area contributed by atoms with E-state index >= 15 is 0 Å². The first-order valence-electron chi connectivity index (χ1n) is 6.27. The Morgan fingerprint density at radius 1 is 1.28 bits per heavy atom. The van der Waals surface area contributed by atoms with Crippen LogP contribution in [0, 0.1) is 13.8 Å². The quantitative estimate of drug-likeness (QED) is 0.896. The van der Waals surface area contributed by atoms with Gasteiger partial charge in [0.1, 0.15) is 0 Å². The summed E-state index contributed by atoms with van der Waals surface area (Å²) in [6.45, 7) is 7.24. The van der Waals surface area contributed by atoms with E-state index in [-0.39, 0.29) is 6.04 Å². The Labute approximate surface area is 108 Å². The van der Waals surface area contributed by atoms with Crippen molar-refractivity contribution in [2.45, 2.75) is 26.8 Å². The van der Waals surface area contributed by atoms with Crippen molar-refractivity contribution in [3.05, 3.63) is 47.0 Å². The Morgan fingerprint density at radius 2 is 2.06 bits per heavy atom. The fourth-order valence-electron chi connectivity index (χ4n) is 2.17. The molecule has 1 N–H and O–H groups in total. The number of aromatic nitrogens is 3. The van der Waals surface area contributed by atoms with Gasteiger partial charge in [0.05, 0.1) is 12.2 Å².